The van der Waals surface area contributed by atoms with Gasteiger partial charge >= 0.3 is 6.61 Å². The number of benzene rings is 2. The summed E-state index contributed by atoms with van der Waals surface area (Å²) in [5.74, 6) is 0.136. The predicted octanol–water partition coefficient (Wildman–Crippen LogP) is 3.10. The van der Waals surface area contributed by atoms with Gasteiger partial charge in [-0.05, 0) is 29.8 Å². The molecule has 2 aromatic rings. The first-order valence-corrected chi connectivity index (χ1v) is 9.36. The first-order valence-electron chi connectivity index (χ1n) is 9.36. The second kappa shape index (κ2) is 10.2. The number of carbonyl (C=O) groups is 1. The zero-order valence-corrected chi connectivity index (χ0v) is 16.1. The number of ether oxygens (including phenoxy) is 3. The lowest BCUT2D eigenvalue weighted by Crippen LogP contribution is -2.43. The van der Waals surface area contributed by atoms with Crippen LogP contribution in [-0.4, -0.2) is 57.4 Å². The molecular weight excluding hydrogens is 382 g/mol. The lowest BCUT2D eigenvalue weighted by molar-refractivity contribution is -0.0501. The number of amides is 1. The van der Waals surface area contributed by atoms with Gasteiger partial charge in [0.15, 0.2) is 0 Å². The summed E-state index contributed by atoms with van der Waals surface area (Å²) in [6, 6.07) is 13.5. The Labute approximate surface area is 168 Å². The molecular formula is C21H24F2N2O4. The van der Waals surface area contributed by atoms with Gasteiger partial charge in [-0.3, -0.25) is 9.69 Å². The van der Waals surface area contributed by atoms with E-state index in [0.29, 0.717) is 19.8 Å². The highest BCUT2D eigenvalue weighted by Gasteiger charge is 2.24. The minimum Gasteiger partial charge on any atom is -0.497 e. The number of halogens is 2. The van der Waals surface area contributed by atoms with Gasteiger partial charge in [0.2, 0.25) is 0 Å². The topological polar surface area (TPSA) is 60.0 Å². The predicted molar refractivity (Wildman–Crippen MR) is 104 cm³/mol. The molecule has 8 heteroatoms. The molecule has 3 rings (SSSR count). The molecule has 1 aliphatic heterocycles. The van der Waals surface area contributed by atoms with Crippen molar-refractivity contribution in [2.45, 2.75) is 12.7 Å². The SMILES string of the molecule is COc1ccc([C@@H](CNC(=O)c2ccccc2OC(F)F)N2CCOCC2)cc1. The molecule has 0 spiro atoms. The van der Waals surface area contributed by atoms with Crippen molar-refractivity contribution < 1.29 is 27.8 Å². The van der Waals surface area contributed by atoms with Crippen LogP contribution in [0.1, 0.15) is 22.0 Å². The maximum atomic E-state index is 12.7. The van der Waals surface area contributed by atoms with Crippen LogP contribution in [-0.2, 0) is 4.74 Å². The van der Waals surface area contributed by atoms with E-state index in [0.717, 1.165) is 24.4 Å². The number of morpholine rings is 1. The Hall–Kier alpha value is -2.71. The number of nitrogens with one attached hydrogen (secondary N) is 1. The third kappa shape index (κ3) is 5.65. The summed E-state index contributed by atoms with van der Waals surface area (Å²) in [4.78, 5) is 14.9. The Bertz CT molecular complexity index is 796. The molecule has 0 bridgehead atoms. The molecule has 6 nitrogen and oxygen atoms in total. The molecule has 1 aliphatic rings. The molecule has 1 saturated heterocycles. The summed E-state index contributed by atoms with van der Waals surface area (Å²) in [5, 5.41) is 2.86. The van der Waals surface area contributed by atoms with Gasteiger partial charge in [-0.25, -0.2) is 0 Å². The highest BCUT2D eigenvalue weighted by molar-refractivity contribution is 5.96. The quantitative estimate of drug-likeness (QED) is 0.730. The minimum atomic E-state index is -3.00. The van der Waals surface area contributed by atoms with Crippen molar-refractivity contribution in [3.63, 3.8) is 0 Å². The lowest BCUT2D eigenvalue weighted by atomic mass is 10.0. The van der Waals surface area contributed by atoms with Gasteiger partial charge in [-0.2, -0.15) is 8.78 Å². The highest BCUT2D eigenvalue weighted by Crippen LogP contribution is 2.25. The van der Waals surface area contributed by atoms with Crippen LogP contribution in [0.4, 0.5) is 8.78 Å². The maximum absolute atomic E-state index is 12.7. The van der Waals surface area contributed by atoms with Crippen LogP contribution in [0.15, 0.2) is 48.5 Å². The fourth-order valence-corrected chi connectivity index (χ4v) is 3.31. The molecule has 0 aromatic heterocycles. The molecule has 1 heterocycles. The van der Waals surface area contributed by atoms with Crippen LogP contribution in [0.2, 0.25) is 0 Å². The van der Waals surface area contributed by atoms with E-state index in [1.54, 1.807) is 19.2 Å². The second-order valence-corrected chi connectivity index (χ2v) is 6.52. The van der Waals surface area contributed by atoms with Gasteiger partial charge in [0.05, 0.1) is 31.9 Å². The van der Waals surface area contributed by atoms with Crippen LogP contribution in [0.5, 0.6) is 11.5 Å². The maximum Gasteiger partial charge on any atom is 0.387 e. The van der Waals surface area contributed by atoms with E-state index in [4.69, 9.17) is 9.47 Å². The summed E-state index contributed by atoms with van der Waals surface area (Å²) in [7, 11) is 1.60. The molecule has 0 aliphatic carbocycles. The Morgan fingerprint density at radius 1 is 1.14 bits per heavy atom. The Morgan fingerprint density at radius 3 is 2.48 bits per heavy atom. The summed E-state index contributed by atoms with van der Waals surface area (Å²) in [6.07, 6.45) is 0. The van der Waals surface area contributed by atoms with Crippen molar-refractivity contribution in [1.29, 1.82) is 0 Å². The smallest absolute Gasteiger partial charge is 0.387 e. The molecule has 29 heavy (non-hydrogen) atoms. The lowest BCUT2D eigenvalue weighted by Gasteiger charge is -2.35. The summed E-state index contributed by atoms with van der Waals surface area (Å²) < 4.78 is 40.4. The molecule has 1 atom stereocenters. The molecule has 1 amide bonds. The molecule has 0 unspecified atom stereocenters. The van der Waals surface area contributed by atoms with Crippen LogP contribution >= 0.6 is 0 Å². The molecule has 156 valence electrons. The Balaban J connectivity index is 1.75. The number of methoxy groups -OCH3 is 1. The zero-order chi connectivity index (χ0) is 20.6. The minimum absolute atomic E-state index is 0.0725. The van der Waals surface area contributed by atoms with Gasteiger partial charge in [0, 0.05) is 19.6 Å². The van der Waals surface area contributed by atoms with Crippen molar-refractivity contribution >= 4 is 5.91 Å². The average Bonchev–Trinajstić information content (AvgIpc) is 2.75. The molecule has 1 fully saturated rings. The molecule has 1 N–H and O–H groups in total. The van der Waals surface area contributed by atoms with Crippen molar-refractivity contribution in [3.8, 4) is 11.5 Å². The van der Waals surface area contributed by atoms with Crippen LogP contribution in [0.25, 0.3) is 0 Å². The van der Waals surface area contributed by atoms with Crippen molar-refractivity contribution in [3.05, 3.63) is 59.7 Å². The van der Waals surface area contributed by atoms with E-state index < -0.39 is 12.5 Å². The number of hydrogen-bond donors (Lipinski definition) is 1. The van der Waals surface area contributed by atoms with Gasteiger partial charge in [0.1, 0.15) is 11.5 Å². The molecule has 0 radical (unpaired) electrons. The van der Waals surface area contributed by atoms with Crippen LogP contribution < -0.4 is 14.8 Å². The summed E-state index contributed by atoms with van der Waals surface area (Å²) in [6.45, 7) is 0.0187. The third-order valence-corrected chi connectivity index (χ3v) is 4.79. The van der Waals surface area contributed by atoms with Gasteiger partial charge in [0.25, 0.3) is 5.91 Å². The van der Waals surface area contributed by atoms with Crippen LogP contribution in [0, 0.1) is 0 Å². The summed E-state index contributed by atoms with van der Waals surface area (Å²) >= 11 is 0. The largest absolute Gasteiger partial charge is 0.497 e. The highest BCUT2D eigenvalue weighted by atomic mass is 19.3. The number of rotatable bonds is 8. The first-order chi connectivity index (χ1) is 14.1. The van der Waals surface area contributed by atoms with Gasteiger partial charge < -0.3 is 19.5 Å². The van der Waals surface area contributed by atoms with E-state index >= 15 is 0 Å². The summed E-state index contributed by atoms with van der Waals surface area (Å²) in [5.41, 5.74) is 1.09. The third-order valence-electron chi connectivity index (χ3n) is 4.79. The Kier molecular flexibility index (Phi) is 7.37. The first kappa shape index (κ1) is 21.0. The van der Waals surface area contributed by atoms with E-state index in [-0.39, 0.29) is 17.4 Å². The normalized spacial score (nSPS) is 15.7. The monoisotopic (exact) mass is 406 g/mol. The number of nitrogens with zero attached hydrogens (tertiary/aromatic N) is 1. The molecule has 2 aromatic carbocycles. The van der Waals surface area contributed by atoms with E-state index in [1.165, 1.54) is 12.1 Å². The average molecular weight is 406 g/mol. The number of hydrogen-bond acceptors (Lipinski definition) is 5. The number of carbonyl (C=O) groups excluding carboxylic acids is 1. The van der Waals surface area contributed by atoms with E-state index in [1.807, 2.05) is 24.3 Å². The molecule has 0 saturated carbocycles. The van der Waals surface area contributed by atoms with Gasteiger partial charge in [-0.15, -0.1) is 0 Å². The van der Waals surface area contributed by atoms with Crippen molar-refractivity contribution in [2.24, 2.45) is 0 Å². The van der Waals surface area contributed by atoms with E-state index in [9.17, 15) is 13.6 Å². The fraction of sp³-hybridized carbons (Fsp3) is 0.381. The van der Waals surface area contributed by atoms with E-state index in [2.05, 4.69) is 15.0 Å². The van der Waals surface area contributed by atoms with Crippen molar-refractivity contribution in [2.75, 3.05) is 40.0 Å². The fourth-order valence-electron chi connectivity index (χ4n) is 3.31. The number of para-hydroxylation sites is 1. The van der Waals surface area contributed by atoms with Gasteiger partial charge in [-0.1, -0.05) is 24.3 Å². The van der Waals surface area contributed by atoms with Crippen LogP contribution in [0.3, 0.4) is 0 Å². The van der Waals surface area contributed by atoms with Crippen molar-refractivity contribution in [1.82, 2.24) is 10.2 Å². The Morgan fingerprint density at radius 2 is 1.83 bits per heavy atom. The number of alkyl halides is 2. The standard InChI is InChI=1S/C21H24F2N2O4/c1-27-16-8-6-15(7-9-16)18(25-10-12-28-13-11-25)14-24-20(26)17-4-2-3-5-19(17)29-21(22)23/h2-9,18,21H,10-14H2,1H3,(H,24,26)/t18-/m1/s1. The second-order valence-electron chi connectivity index (χ2n) is 6.52. The zero-order valence-electron chi connectivity index (χ0n) is 16.1.